The molecule has 0 bridgehead atoms. The number of hydrogen-bond donors (Lipinski definition) is 0. The van der Waals surface area contributed by atoms with Gasteiger partial charge in [-0.05, 0) is 77.9 Å². The molecule has 3 heterocycles. The first kappa shape index (κ1) is 19.9. The quantitative estimate of drug-likeness (QED) is 0.252. The minimum atomic E-state index is 0.638. The molecule has 0 fully saturated rings. The van der Waals surface area contributed by atoms with Gasteiger partial charge in [-0.25, -0.2) is 0 Å². The van der Waals surface area contributed by atoms with Crippen LogP contribution in [0.5, 0.6) is 0 Å². The van der Waals surface area contributed by atoms with Crippen molar-refractivity contribution in [3.8, 4) is 22.9 Å². The average Bonchev–Trinajstić information content (AvgIpc) is 3.65. The van der Waals surface area contributed by atoms with E-state index in [0.717, 1.165) is 71.5 Å². The van der Waals surface area contributed by atoms with Gasteiger partial charge in [-0.15, -0.1) is 0 Å². The van der Waals surface area contributed by atoms with Crippen molar-refractivity contribution in [1.82, 2.24) is 9.72 Å². The number of fused-ring (bicyclic) bond motifs is 7. The van der Waals surface area contributed by atoms with E-state index in [1.165, 1.54) is 0 Å². The number of para-hydroxylation sites is 1. The van der Waals surface area contributed by atoms with Crippen LogP contribution in [0.1, 0.15) is 5.56 Å². The Kier molecular flexibility index (Phi) is 3.94. The van der Waals surface area contributed by atoms with Crippen LogP contribution in [-0.4, -0.2) is 9.72 Å². The van der Waals surface area contributed by atoms with Gasteiger partial charge in [0, 0.05) is 32.6 Å². The van der Waals surface area contributed by atoms with Crippen molar-refractivity contribution in [2.75, 3.05) is 0 Å². The minimum absolute atomic E-state index is 0.638. The number of furan rings is 1. The zero-order valence-corrected chi connectivity index (χ0v) is 19.5. The first-order valence-corrected chi connectivity index (χ1v) is 12.0. The smallest absolute Gasteiger partial charge is 0.166 e. The molecule has 0 unspecified atom stereocenters. The predicted molar refractivity (Wildman–Crippen MR) is 146 cm³/mol. The molecule has 5 nitrogen and oxygen atoms in total. The van der Waals surface area contributed by atoms with Crippen molar-refractivity contribution >= 4 is 54.7 Å². The molecule has 0 saturated carbocycles. The topological polar surface area (TPSA) is 67.9 Å². The lowest BCUT2D eigenvalue weighted by Crippen LogP contribution is -1.93. The van der Waals surface area contributed by atoms with Crippen LogP contribution in [0.3, 0.4) is 0 Å². The highest BCUT2D eigenvalue weighted by atomic mass is 16.5. The van der Waals surface area contributed by atoms with Gasteiger partial charge in [-0.2, -0.15) is 5.26 Å². The summed E-state index contributed by atoms with van der Waals surface area (Å²) in [7, 11) is 0. The Morgan fingerprint density at radius 2 is 1.41 bits per heavy atom. The van der Waals surface area contributed by atoms with Crippen molar-refractivity contribution < 1.29 is 8.94 Å². The number of hydrogen-bond acceptors (Lipinski definition) is 4. The lowest BCUT2D eigenvalue weighted by molar-refractivity contribution is 0.456. The molecule has 0 saturated heterocycles. The van der Waals surface area contributed by atoms with Crippen LogP contribution >= 0.6 is 0 Å². The summed E-state index contributed by atoms with van der Waals surface area (Å²) in [6, 6.07) is 35.2. The Morgan fingerprint density at radius 1 is 0.649 bits per heavy atom. The second kappa shape index (κ2) is 7.33. The standard InChI is InChI=1S/C32H17N3O2/c33-17-19-5-9-28-25(13-19)26-15-21(20-7-11-30-22(14-20)18-34-37-30)6-10-29(26)35(28)23-8-12-32-27(16-23)24-3-1-2-4-31(24)36-32/h1-16,18H. The average molecular weight is 476 g/mol. The van der Waals surface area contributed by atoms with E-state index in [-0.39, 0.29) is 0 Å². The Hall–Kier alpha value is -5.34. The van der Waals surface area contributed by atoms with Crippen molar-refractivity contribution in [3.63, 3.8) is 0 Å². The monoisotopic (exact) mass is 475 g/mol. The van der Waals surface area contributed by atoms with Gasteiger partial charge in [-0.1, -0.05) is 35.5 Å². The van der Waals surface area contributed by atoms with Gasteiger partial charge < -0.3 is 13.5 Å². The van der Waals surface area contributed by atoms with E-state index in [4.69, 9.17) is 8.94 Å². The number of nitrogens with zero attached hydrogens (tertiary/aromatic N) is 3. The second-order valence-electron chi connectivity index (χ2n) is 9.27. The van der Waals surface area contributed by atoms with Gasteiger partial charge in [0.2, 0.25) is 0 Å². The zero-order chi connectivity index (χ0) is 24.5. The minimum Gasteiger partial charge on any atom is -0.456 e. The van der Waals surface area contributed by atoms with Crippen LogP contribution < -0.4 is 0 Å². The van der Waals surface area contributed by atoms with Crippen LogP contribution in [0.25, 0.3) is 71.5 Å². The molecular weight excluding hydrogens is 458 g/mol. The molecule has 0 spiro atoms. The van der Waals surface area contributed by atoms with E-state index >= 15 is 0 Å². The van der Waals surface area contributed by atoms with E-state index in [0.29, 0.717) is 5.56 Å². The first-order valence-electron chi connectivity index (χ1n) is 12.0. The summed E-state index contributed by atoms with van der Waals surface area (Å²) in [5.41, 5.74) is 8.49. The number of rotatable bonds is 2. The number of aromatic nitrogens is 2. The maximum absolute atomic E-state index is 9.62. The lowest BCUT2D eigenvalue weighted by Gasteiger charge is -2.09. The number of nitriles is 1. The molecule has 37 heavy (non-hydrogen) atoms. The molecule has 172 valence electrons. The number of benzene rings is 5. The summed E-state index contributed by atoms with van der Waals surface area (Å²) in [5, 5.41) is 18.8. The highest BCUT2D eigenvalue weighted by Gasteiger charge is 2.16. The summed E-state index contributed by atoms with van der Waals surface area (Å²) in [5.74, 6) is 0. The van der Waals surface area contributed by atoms with E-state index in [2.05, 4.69) is 58.3 Å². The van der Waals surface area contributed by atoms with E-state index in [1.807, 2.05) is 54.6 Å². The molecule has 0 radical (unpaired) electrons. The molecule has 5 aromatic carbocycles. The fraction of sp³-hybridized carbons (Fsp3) is 0. The van der Waals surface area contributed by atoms with Crippen LogP contribution in [0.2, 0.25) is 0 Å². The normalized spacial score (nSPS) is 11.8. The summed E-state index contributed by atoms with van der Waals surface area (Å²) < 4.78 is 13.6. The highest BCUT2D eigenvalue weighted by Crippen LogP contribution is 2.37. The van der Waals surface area contributed by atoms with Gasteiger partial charge in [-0.3, -0.25) is 0 Å². The van der Waals surface area contributed by atoms with Gasteiger partial charge >= 0.3 is 0 Å². The first-order chi connectivity index (χ1) is 18.3. The van der Waals surface area contributed by atoms with Crippen molar-refractivity contribution in [2.45, 2.75) is 0 Å². The van der Waals surface area contributed by atoms with Crippen molar-refractivity contribution in [2.24, 2.45) is 0 Å². The van der Waals surface area contributed by atoms with E-state index in [9.17, 15) is 5.26 Å². The van der Waals surface area contributed by atoms with Crippen molar-refractivity contribution in [1.29, 1.82) is 5.26 Å². The Labute approximate surface area is 210 Å². The largest absolute Gasteiger partial charge is 0.456 e. The van der Waals surface area contributed by atoms with Gasteiger partial charge in [0.05, 0.1) is 28.9 Å². The van der Waals surface area contributed by atoms with Crippen LogP contribution in [0.4, 0.5) is 0 Å². The molecule has 0 N–H and O–H groups in total. The molecule has 8 rings (SSSR count). The molecule has 5 heteroatoms. The third kappa shape index (κ3) is 2.87. The van der Waals surface area contributed by atoms with Gasteiger partial charge in [0.15, 0.2) is 5.58 Å². The van der Waals surface area contributed by atoms with E-state index in [1.54, 1.807) is 6.20 Å². The summed E-state index contributed by atoms with van der Waals surface area (Å²) >= 11 is 0. The third-order valence-electron chi connectivity index (χ3n) is 7.20. The predicted octanol–water partition coefficient (Wildman–Crippen LogP) is 8.36. The maximum atomic E-state index is 9.62. The van der Waals surface area contributed by atoms with Crippen LogP contribution in [0, 0.1) is 11.3 Å². The molecule has 8 aromatic rings. The Bertz CT molecular complexity index is 2220. The highest BCUT2D eigenvalue weighted by molar-refractivity contribution is 6.12. The van der Waals surface area contributed by atoms with Crippen LogP contribution in [0.15, 0.2) is 112 Å². The fourth-order valence-electron chi connectivity index (χ4n) is 5.46. The maximum Gasteiger partial charge on any atom is 0.166 e. The van der Waals surface area contributed by atoms with E-state index < -0.39 is 0 Å². The zero-order valence-electron chi connectivity index (χ0n) is 19.5. The Morgan fingerprint density at radius 3 is 2.32 bits per heavy atom. The fourth-order valence-corrected chi connectivity index (χ4v) is 5.46. The third-order valence-corrected chi connectivity index (χ3v) is 7.20. The molecule has 0 atom stereocenters. The summed E-state index contributed by atoms with van der Waals surface area (Å²) in [4.78, 5) is 0. The molecule has 0 aliphatic heterocycles. The van der Waals surface area contributed by atoms with Gasteiger partial charge in [0.25, 0.3) is 0 Å². The molecular formula is C32H17N3O2. The SMILES string of the molecule is N#Cc1ccc2c(c1)c1cc(-c3ccc4oncc4c3)ccc1n2-c1ccc2oc3ccccc3c2c1. The Balaban J connectivity index is 1.41. The van der Waals surface area contributed by atoms with Gasteiger partial charge in [0.1, 0.15) is 11.2 Å². The molecule has 3 aromatic heterocycles. The summed E-state index contributed by atoms with van der Waals surface area (Å²) in [6.45, 7) is 0. The molecule has 0 aliphatic carbocycles. The van der Waals surface area contributed by atoms with Crippen molar-refractivity contribution in [3.05, 3.63) is 109 Å². The molecule has 0 amide bonds. The summed E-state index contributed by atoms with van der Waals surface area (Å²) in [6.07, 6.45) is 1.73. The second-order valence-corrected chi connectivity index (χ2v) is 9.27. The molecule has 0 aliphatic rings. The van der Waals surface area contributed by atoms with Crippen LogP contribution in [-0.2, 0) is 0 Å². The lowest BCUT2D eigenvalue weighted by atomic mass is 10.0.